The summed E-state index contributed by atoms with van der Waals surface area (Å²) in [5.41, 5.74) is 2.33. The Bertz CT molecular complexity index is 2330. The van der Waals surface area contributed by atoms with E-state index in [9.17, 15) is 18.3 Å². The number of aromatic carboxylic acids is 1. The summed E-state index contributed by atoms with van der Waals surface area (Å²) in [6, 6.07) is 28.6. The molecule has 0 spiro atoms. The number of carbonyl (C=O) groups is 1. The number of fused-ring (bicyclic) bond motifs is 1. The van der Waals surface area contributed by atoms with Crippen molar-refractivity contribution in [2.45, 2.75) is 17.5 Å². The predicted molar refractivity (Wildman–Crippen MR) is 180 cm³/mol. The molecule has 2 N–H and O–H groups in total. The first-order valence-corrected chi connectivity index (χ1v) is 16.6. The van der Waals surface area contributed by atoms with Crippen LogP contribution in [0, 0.1) is 12.7 Å². The summed E-state index contributed by atoms with van der Waals surface area (Å²) in [4.78, 5) is 11.6. The topological polar surface area (TPSA) is 88.4 Å². The highest BCUT2D eigenvalue weighted by atomic mass is 35.5. The van der Waals surface area contributed by atoms with Gasteiger partial charge in [-0.1, -0.05) is 77.8 Å². The zero-order chi connectivity index (χ0) is 33.1. The lowest BCUT2D eigenvalue weighted by Gasteiger charge is -2.36. The Morgan fingerprint density at radius 1 is 0.872 bits per heavy atom. The average molecular weight is 669 g/mol. The summed E-state index contributed by atoms with van der Waals surface area (Å²) < 4.78 is 61.8. The van der Waals surface area contributed by atoms with Crippen LogP contribution in [0.2, 0.25) is 5.02 Å². The molecule has 1 fully saturated rings. The van der Waals surface area contributed by atoms with E-state index in [1.165, 1.54) is 46.4 Å². The Morgan fingerprint density at radius 3 is 2.28 bits per heavy atom. The number of alkyl halides is 1. The lowest BCUT2D eigenvalue weighted by atomic mass is 9.83. The Morgan fingerprint density at radius 2 is 1.60 bits per heavy atom. The van der Waals surface area contributed by atoms with Gasteiger partial charge in [-0.15, -0.1) is 0 Å². The van der Waals surface area contributed by atoms with Gasteiger partial charge in [0.05, 0.1) is 21.7 Å². The van der Waals surface area contributed by atoms with Gasteiger partial charge in [-0.3, -0.25) is 0 Å². The highest BCUT2D eigenvalue weighted by Crippen LogP contribution is 2.48. The van der Waals surface area contributed by atoms with E-state index >= 15 is 8.78 Å². The van der Waals surface area contributed by atoms with Crippen LogP contribution in [0.25, 0.3) is 44.4 Å². The minimum absolute atomic E-state index is 0.0192. The number of hydrogen-bond acceptors (Lipinski definition) is 4. The van der Waals surface area contributed by atoms with Crippen molar-refractivity contribution in [1.82, 2.24) is 9.29 Å². The van der Waals surface area contributed by atoms with Gasteiger partial charge < -0.3 is 10.4 Å². The van der Waals surface area contributed by atoms with Gasteiger partial charge >= 0.3 is 5.97 Å². The van der Waals surface area contributed by atoms with E-state index in [1.54, 1.807) is 66.7 Å². The van der Waals surface area contributed by atoms with E-state index in [2.05, 4.69) is 5.32 Å². The van der Waals surface area contributed by atoms with Crippen LogP contribution in [0.15, 0.2) is 114 Å². The first kappa shape index (κ1) is 30.8. The summed E-state index contributed by atoms with van der Waals surface area (Å²) >= 11 is 6.55. The smallest absolute Gasteiger partial charge is 0.335 e. The molecule has 1 aliphatic rings. The number of hydrogen-bond donors (Lipinski definition) is 2. The number of halogens is 3. The lowest BCUT2D eigenvalue weighted by molar-refractivity contribution is 0.0696. The molecule has 1 saturated heterocycles. The molecule has 0 unspecified atom stereocenters. The van der Waals surface area contributed by atoms with E-state index in [0.717, 1.165) is 5.56 Å². The van der Waals surface area contributed by atoms with Gasteiger partial charge in [-0.05, 0) is 72.1 Å². The molecule has 1 aromatic heterocycles. The first-order chi connectivity index (χ1) is 22.5. The molecule has 236 valence electrons. The Labute approximate surface area is 274 Å². The maximum absolute atomic E-state index is 16.2. The van der Waals surface area contributed by atoms with Gasteiger partial charge in [0.25, 0.3) is 10.0 Å². The number of nitrogens with one attached hydrogen (secondary N) is 1. The molecule has 10 heteroatoms. The molecule has 6 nitrogen and oxygen atoms in total. The normalized spacial score (nSPS) is 14.2. The van der Waals surface area contributed by atoms with E-state index in [-0.39, 0.29) is 39.8 Å². The number of nitrogens with zero attached hydrogens (tertiary/aromatic N) is 1. The van der Waals surface area contributed by atoms with Gasteiger partial charge in [0.15, 0.2) is 5.67 Å². The average Bonchev–Trinajstić information content (AvgIpc) is 3.39. The number of aryl methyl sites for hydroxylation is 1. The second kappa shape index (κ2) is 11.5. The molecule has 1 aliphatic heterocycles. The van der Waals surface area contributed by atoms with E-state index in [1.807, 2.05) is 6.92 Å². The van der Waals surface area contributed by atoms with Crippen LogP contribution in [-0.2, 0) is 15.7 Å². The number of rotatable bonds is 7. The Hall–Kier alpha value is -4.83. The molecule has 7 rings (SSSR count). The van der Waals surface area contributed by atoms with E-state index in [4.69, 9.17) is 11.6 Å². The second-order valence-corrected chi connectivity index (χ2v) is 13.9. The molecule has 0 aliphatic carbocycles. The van der Waals surface area contributed by atoms with Crippen molar-refractivity contribution in [1.29, 1.82) is 0 Å². The molecule has 0 amide bonds. The molecular weight excluding hydrogens is 642 g/mol. The SMILES string of the molecule is Cc1ccc(S(=O)(=O)n2c(-c3cccc(-c4ccc(C(=O)O)cc4Cl)c3)c(-c3ccccc3C3(F)CNC3)c3cc(F)ccc32)cc1. The van der Waals surface area contributed by atoms with Gasteiger partial charge in [0, 0.05) is 40.2 Å². The van der Waals surface area contributed by atoms with Crippen molar-refractivity contribution in [2.24, 2.45) is 0 Å². The summed E-state index contributed by atoms with van der Waals surface area (Å²) in [6.07, 6.45) is 0. The Balaban J connectivity index is 1.59. The van der Waals surface area contributed by atoms with Gasteiger partial charge in [0.2, 0.25) is 0 Å². The lowest BCUT2D eigenvalue weighted by Crippen LogP contribution is -2.53. The van der Waals surface area contributed by atoms with Crippen LogP contribution >= 0.6 is 11.6 Å². The third-order valence-electron chi connectivity index (χ3n) is 8.60. The zero-order valence-electron chi connectivity index (χ0n) is 25.0. The third kappa shape index (κ3) is 5.20. The summed E-state index contributed by atoms with van der Waals surface area (Å²) in [5.74, 6) is -1.70. The zero-order valence-corrected chi connectivity index (χ0v) is 26.5. The largest absolute Gasteiger partial charge is 0.478 e. The highest BCUT2D eigenvalue weighted by molar-refractivity contribution is 7.90. The minimum Gasteiger partial charge on any atom is -0.478 e. The van der Waals surface area contributed by atoms with Crippen molar-refractivity contribution < 1.29 is 27.1 Å². The maximum Gasteiger partial charge on any atom is 0.335 e. The van der Waals surface area contributed by atoms with E-state index < -0.39 is 27.5 Å². The molecule has 6 aromatic rings. The van der Waals surface area contributed by atoms with Gasteiger partial charge in [-0.25, -0.2) is 26.0 Å². The number of benzene rings is 5. The van der Waals surface area contributed by atoms with Crippen molar-refractivity contribution in [3.8, 4) is 33.5 Å². The monoisotopic (exact) mass is 668 g/mol. The van der Waals surface area contributed by atoms with Crippen molar-refractivity contribution in [2.75, 3.05) is 13.1 Å². The van der Waals surface area contributed by atoms with Crippen molar-refractivity contribution in [3.63, 3.8) is 0 Å². The summed E-state index contributed by atoms with van der Waals surface area (Å²) in [7, 11) is -4.31. The predicted octanol–water partition coefficient (Wildman–Crippen LogP) is 8.45. The highest BCUT2D eigenvalue weighted by Gasteiger charge is 2.41. The molecule has 0 radical (unpaired) electrons. The molecule has 5 aromatic carbocycles. The molecule has 2 heterocycles. The fraction of sp³-hybridized carbons (Fsp3) is 0.108. The number of carboxylic acid groups (broad SMARTS) is 1. The maximum atomic E-state index is 16.2. The minimum atomic E-state index is -4.31. The standard InChI is InChI=1S/C37H27ClF2N2O4S/c1-22-9-13-27(14-10-22)47(45,46)42-33-16-12-26(39)19-30(33)34(29-7-2-3-8-31(29)37(40)20-41-21-37)35(42)24-6-4-5-23(17-24)28-15-11-25(36(43)44)18-32(28)38/h2-19,41H,20-21H2,1H3,(H,43,44). The van der Waals surface area contributed by atoms with Gasteiger partial charge in [0.1, 0.15) is 5.82 Å². The van der Waals surface area contributed by atoms with Crippen LogP contribution in [0.3, 0.4) is 0 Å². The fourth-order valence-corrected chi connectivity index (χ4v) is 8.01. The second-order valence-electron chi connectivity index (χ2n) is 11.7. The Kier molecular flexibility index (Phi) is 7.50. The summed E-state index contributed by atoms with van der Waals surface area (Å²) in [6.45, 7) is 2.01. The molecule has 47 heavy (non-hydrogen) atoms. The van der Waals surface area contributed by atoms with Crippen LogP contribution in [0.5, 0.6) is 0 Å². The van der Waals surface area contributed by atoms with Gasteiger partial charge in [-0.2, -0.15) is 0 Å². The fourth-order valence-electron chi connectivity index (χ4n) is 6.18. The van der Waals surface area contributed by atoms with Crippen LogP contribution in [-0.4, -0.2) is 36.6 Å². The van der Waals surface area contributed by atoms with Crippen molar-refractivity contribution in [3.05, 3.63) is 137 Å². The van der Waals surface area contributed by atoms with Crippen LogP contribution in [0.1, 0.15) is 21.5 Å². The van der Waals surface area contributed by atoms with E-state index in [0.29, 0.717) is 38.8 Å². The molecule has 0 saturated carbocycles. The third-order valence-corrected chi connectivity index (χ3v) is 10.6. The molecule has 0 atom stereocenters. The number of aromatic nitrogens is 1. The molecule has 0 bridgehead atoms. The quantitative estimate of drug-likeness (QED) is 0.178. The molecular formula is C37H27ClF2N2O4S. The number of carboxylic acids is 1. The first-order valence-electron chi connectivity index (χ1n) is 14.8. The van der Waals surface area contributed by atoms with Crippen LogP contribution in [0.4, 0.5) is 8.78 Å². The summed E-state index contributed by atoms with van der Waals surface area (Å²) in [5, 5.41) is 12.9. The van der Waals surface area contributed by atoms with Crippen molar-refractivity contribution >= 4 is 38.5 Å². The van der Waals surface area contributed by atoms with Crippen LogP contribution < -0.4 is 5.32 Å².